The van der Waals surface area contributed by atoms with Crippen LogP contribution in [-0.2, 0) is 10.0 Å². The summed E-state index contributed by atoms with van der Waals surface area (Å²) in [6.45, 7) is 1.91. The zero-order valence-corrected chi connectivity index (χ0v) is 12.9. The number of sulfonamides is 1. The van der Waals surface area contributed by atoms with Crippen LogP contribution in [0.4, 0.5) is 0 Å². The van der Waals surface area contributed by atoms with Gasteiger partial charge in [-0.05, 0) is 25.1 Å². The molecule has 1 N–H and O–H groups in total. The van der Waals surface area contributed by atoms with E-state index in [1.54, 1.807) is 25.1 Å². The van der Waals surface area contributed by atoms with Crippen LogP contribution in [0.1, 0.15) is 30.5 Å². The third kappa shape index (κ3) is 3.05. The normalized spacial score (nSPS) is 22.0. The van der Waals surface area contributed by atoms with Crippen LogP contribution in [0.5, 0.6) is 5.75 Å². The molecule has 21 heavy (non-hydrogen) atoms. The summed E-state index contributed by atoms with van der Waals surface area (Å²) in [5.41, 5.74) is 1.23. The predicted octanol–water partition coefficient (Wildman–Crippen LogP) is 1.13. The van der Waals surface area contributed by atoms with E-state index in [1.807, 2.05) is 0 Å². The van der Waals surface area contributed by atoms with Crippen molar-refractivity contribution in [2.45, 2.75) is 25.5 Å². The number of likely N-dealkylation sites (N-methyl/N-ethyl adjacent to an activating group) is 1. The minimum absolute atomic E-state index is 0.0300. The number of nitrogens with zero attached hydrogens (tertiary/aromatic N) is 1. The van der Waals surface area contributed by atoms with Gasteiger partial charge >= 0.3 is 0 Å². The molecule has 1 heterocycles. The van der Waals surface area contributed by atoms with Crippen molar-refractivity contribution in [3.05, 3.63) is 29.3 Å². The maximum Gasteiger partial charge on any atom is 0.214 e. The van der Waals surface area contributed by atoms with Gasteiger partial charge in [-0.25, -0.2) is 8.42 Å². The summed E-state index contributed by atoms with van der Waals surface area (Å²) >= 11 is 0. The van der Waals surface area contributed by atoms with E-state index in [9.17, 15) is 13.5 Å². The molecule has 1 aromatic carbocycles. The van der Waals surface area contributed by atoms with Crippen molar-refractivity contribution in [2.75, 3.05) is 19.4 Å². The van der Waals surface area contributed by atoms with Crippen LogP contribution in [0.15, 0.2) is 18.2 Å². The topological polar surface area (TPSA) is 66.8 Å². The highest BCUT2D eigenvalue weighted by atomic mass is 32.2. The summed E-state index contributed by atoms with van der Waals surface area (Å²) in [5, 5.41) is 10.4. The minimum Gasteiger partial charge on any atom is -0.493 e. The molecule has 2 atom stereocenters. The van der Waals surface area contributed by atoms with Crippen LogP contribution in [0, 0.1) is 12.3 Å². The Kier molecular flexibility index (Phi) is 4.57. The van der Waals surface area contributed by atoms with Crippen LogP contribution in [-0.4, -0.2) is 43.3 Å². The summed E-state index contributed by atoms with van der Waals surface area (Å²) in [5.74, 6) is 3.05. The van der Waals surface area contributed by atoms with Gasteiger partial charge in [0, 0.05) is 24.6 Å². The van der Waals surface area contributed by atoms with Gasteiger partial charge in [0.1, 0.15) is 5.75 Å². The summed E-state index contributed by atoms with van der Waals surface area (Å²) in [6, 6.07) is 4.47. The standard InChI is InChI=1S/C15H19NO4S/c1-4-11-6-7-14-12(10-11)15(13(17)8-9-20-14)16(3)21(18,19)5-2/h1,6-7,10,13,15,17H,5,8-9H2,2-3H3. The molecule has 0 radical (unpaired) electrons. The summed E-state index contributed by atoms with van der Waals surface area (Å²) < 4.78 is 31.1. The zero-order valence-electron chi connectivity index (χ0n) is 12.1. The van der Waals surface area contributed by atoms with Gasteiger partial charge in [-0.2, -0.15) is 4.31 Å². The molecule has 0 aliphatic carbocycles. The molecule has 0 aromatic heterocycles. The molecular formula is C15H19NO4S. The lowest BCUT2D eigenvalue weighted by atomic mass is 9.98. The Bertz CT molecular complexity index is 663. The van der Waals surface area contributed by atoms with Crippen molar-refractivity contribution in [3.63, 3.8) is 0 Å². The average Bonchev–Trinajstić information content (AvgIpc) is 2.63. The van der Waals surface area contributed by atoms with Crippen molar-refractivity contribution >= 4 is 10.0 Å². The van der Waals surface area contributed by atoms with E-state index in [2.05, 4.69) is 5.92 Å². The number of terminal acetylenes is 1. The summed E-state index contributed by atoms with van der Waals surface area (Å²) in [7, 11) is -1.97. The highest BCUT2D eigenvalue weighted by Gasteiger charge is 2.35. The molecule has 5 nitrogen and oxygen atoms in total. The lowest BCUT2D eigenvalue weighted by Crippen LogP contribution is -2.38. The Labute approximate surface area is 125 Å². The fourth-order valence-electron chi connectivity index (χ4n) is 2.47. The number of hydrogen-bond acceptors (Lipinski definition) is 4. The van der Waals surface area contributed by atoms with Gasteiger partial charge < -0.3 is 9.84 Å². The zero-order chi connectivity index (χ0) is 15.6. The van der Waals surface area contributed by atoms with E-state index in [1.165, 1.54) is 11.4 Å². The molecule has 0 fully saturated rings. The average molecular weight is 309 g/mol. The van der Waals surface area contributed by atoms with Crippen LogP contribution < -0.4 is 4.74 Å². The van der Waals surface area contributed by atoms with Crippen molar-refractivity contribution in [1.82, 2.24) is 4.31 Å². The minimum atomic E-state index is -3.44. The smallest absolute Gasteiger partial charge is 0.214 e. The van der Waals surface area contributed by atoms with Crippen LogP contribution in [0.2, 0.25) is 0 Å². The molecule has 0 bridgehead atoms. The lowest BCUT2D eigenvalue weighted by Gasteiger charge is -2.30. The molecule has 0 spiro atoms. The van der Waals surface area contributed by atoms with Gasteiger partial charge in [0.25, 0.3) is 0 Å². The second kappa shape index (κ2) is 6.06. The molecule has 1 aliphatic heterocycles. The number of fused-ring (bicyclic) bond motifs is 1. The van der Waals surface area contributed by atoms with Gasteiger partial charge in [-0.15, -0.1) is 6.42 Å². The number of aliphatic hydroxyl groups excluding tert-OH is 1. The monoisotopic (exact) mass is 309 g/mol. The third-order valence-corrected chi connectivity index (χ3v) is 5.56. The molecule has 2 unspecified atom stereocenters. The Hall–Kier alpha value is -1.55. The Morgan fingerprint density at radius 3 is 2.86 bits per heavy atom. The second-order valence-electron chi connectivity index (χ2n) is 4.96. The molecule has 2 rings (SSSR count). The molecule has 0 saturated carbocycles. The van der Waals surface area contributed by atoms with Crippen molar-refractivity contribution in [3.8, 4) is 18.1 Å². The SMILES string of the molecule is C#Cc1ccc2c(c1)C(N(C)S(=O)(=O)CC)C(O)CCO2. The van der Waals surface area contributed by atoms with E-state index < -0.39 is 22.2 Å². The predicted molar refractivity (Wildman–Crippen MR) is 80.5 cm³/mol. The van der Waals surface area contributed by atoms with Crippen molar-refractivity contribution < 1.29 is 18.3 Å². The first-order chi connectivity index (χ1) is 9.90. The molecular weight excluding hydrogens is 290 g/mol. The number of rotatable bonds is 3. The highest BCUT2D eigenvalue weighted by molar-refractivity contribution is 7.89. The van der Waals surface area contributed by atoms with Crippen LogP contribution in [0.3, 0.4) is 0 Å². The maximum absolute atomic E-state index is 12.2. The molecule has 1 aliphatic rings. The van der Waals surface area contributed by atoms with E-state index >= 15 is 0 Å². The van der Waals surface area contributed by atoms with Crippen LogP contribution >= 0.6 is 0 Å². The van der Waals surface area contributed by atoms with Gasteiger partial charge in [-0.1, -0.05) is 5.92 Å². The third-order valence-electron chi connectivity index (χ3n) is 3.73. The van der Waals surface area contributed by atoms with Crippen molar-refractivity contribution in [1.29, 1.82) is 0 Å². The van der Waals surface area contributed by atoms with E-state index in [0.717, 1.165) is 0 Å². The number of benzene rings is 1. The maximum atomic E-state index is 12.2. The molecule has 0 amide bonds. The number of hydrogen-bond donors (Lipinski definition) is 1. The first kappa shape index (κ1) is 15.8. The largest absolute Gasteiger partial charge is 0.493 e. The van der Waals surface area contributed by atoms with Crippen molar-refractivity contribution in [2.24, 2.45) is 0 Å². The van der Waals surface area contributed by atoms with Crippen LogP contribution in [0.25, 0.3) is 0 Å². The van der Waals surface area contributed by atoms with Gasteiger partial charge in [-0.3, -0.25) is 0 Å². The summed E-state index contributed by atoms with van der Waals surface area (Å²) in [6.07, 6.45) is 4.92. The lowest BCUT2D eigenvalue weighted by molar-refractivity contribution is 0.0869. The fraction of sp³-hybridized carbons (Fsp3) is 0.467. The highest BCUT2D eigenvalue weighted by Crippen LogP contribution is 2.37. The summed E-state index contributed by atoms with van der Waals surface area (Å²) in [4.78, 5) is 0. The Morgan fingerprint density at radius 1 is 1.52 bits per heavy atom. The first-order valence-electron chi connectivity index (χ1n) is 6.78. The molecule has 0 saturated heterocycles. The van der Waals surface area contributed by atoms with E-state index in [4.69, 9.17) is 11.2 Å². The number of ether oxygens (including phenoxy) is 1. The quantitative estimate of drug-likeness (QED) is 0.850. The van der Waals surface area contributed by atoms with E-state index in [0.29, 0.717) is 29.9 Å². The van der Waals surface area contributed by atoms with E-state index in [-0.39, 0.29) is 5.75 Å². The molecule has 114 valence electrons. The van der Waals surface area contributed by atoms with Gasteiger partial charge in [0.05, 0.1) is 24.5 Å². The Balaban J connectivity index is 2.56. The second-order valence-corrected chi connectivity index (χ2v) is 7.28. The van der Waals surface area contributed by atoms with Gasteiger partial charge in [0.15, 0.2) is 0 Å². The Morgan fingerprint density at radius 2 is 2.24 bits per heavy atom. The molecule has 6 heteroatoms. The number of aliphatic hydroxyl groups is 1. The van der Waals surface area contributed by atoms with Gasteiger partial charge in [0.2, 0.25) is 10.0 Å². The first-order valence-corrected chi connectivity index (χ1v) is 8.38. The fourth-order valence-corrected chi connectivity index (χ4v) is 3.48. The molecule has 1 aromatic rings.